The van der Waals surface area contributed by atoms with Crippen molar-refractivity contribution in [2.45, 2.75) is 0 Å². The average molecular weight is 328 g/mol. The van der Waals surface area contributed by atoms with Crippen molar-refractivity contribution in [2.24, 2.45) is 0 Å². The van der Waals surface area contributed by atoms with Crippen molar-refractivity contribution in [1.29, 1.82) is 0 Å². The third-order valence-corrected chi connectivity index (χ3v) is 4.05. The number of hydrogen-bond donors (Lipinski definition) is 4. The molecule has 10 heteroatoms. The lowest BCUT2D eigenvalue weighted by molar-refractivity contribution is 0.119. The maximum Gasteiger partial charge on any atom is 0.407 e. The molecule has 0 aromatic carbocycles. The minimum atomic E-state index is -0.544. The molecule has 0 spiro atoms. The Labute approximate surface area is 125 Å². The van der Waals surface area contributed by atoms with Crippen molar-refractivity contribution in [3.63, 3.8) is 0 Å². The molecule has 0 unspecified atom stereocenters. The lowest BCUT2D eigenvalue weighted by Gasteiger charge is -2.06. The number of carbonyl (C=O) groups excluding carboxylic acids is 2. The molecule has 0 atom stereocenters. The van der Waals surface area contributed by atoms with Crippen LogP contribution in [0.25, 0.3) is 0 Å². The summed E-state index contributed by atoms with van der Waals surface area (Å²) >= 11 is 0. The van der Waals surface area contributed by atoms with E-state index in [4.69, 9.17) is 10.2 Å². The third-order valence-electron chi connectivity index (χ3n) is 1.64. The molecule has 0 radical (unpaired) electrons. The van der Waals surface area contributed by atoms with Gasteiger partial charge in [0.1, 0.15) is 13.2 Å². The molecule has 0 saturated heterocycles. The van der Waals surface area contributed by atoms with E-state index in [1.807, 2.05) is 0 Å². The first-order valence-corrected chi connectivity index (χ1v) is 8.47. The summed E-state index contributed by atoms with van der Waals surface area (Å²) < 4.78 is 9.20. The van der Waals surface area contributed by atoms with Crippen LogP contribution in [0.1, 0.15) is 0 Å². The van der Waals surface area contributed by atoms with Gasteiger partial charge >= 0.3 is 12.2 Å². The molecular weight excluding hydrogens is 308 g/mol. The summed E-state index contributed by atoms with van der Waals surface area (Å²) in [6.45, 7) is 0.539. The van der Waals surface area contributed by atoms with E-state index in [0.717, 1.165) is 0 Å². The number of carbonyl (C=O) groups is 2. The molecule has 118 valence electrons. The van der Waals surface area contributed by atoms with Crippen molar-refractivity contribution in [2.75, 3.05) is 51.0 Å². The molecule has 20 heavy (non-hydrogen) atoms. The van der Waals surface area contributed by atoms with Gasteiger partial charge in [-0.25, -0.2) is 9.59 Å². The van der Waals surface area contributed by atoms with Gasteiger partial charge in [-0.3, -0.25) is 0 Å². The van der Waals surface area contributed by atoms with Crippen LogP contribution in [0.3, 0.4) is 0 Å². The molecule has 0 rings (SSSR count). The fraction of sp³-hybridized carbons (Fsp3) is 0.800. The van der Waals surface area contributed by atoms with Gasteiger partial charge in [0.25, 0.3) is 0 Å². The van der Waals surface area contributed by atoms with Crippen LogP contribution in [0.4, 0.5) is 9.59 Å². The summed E-state index contributed by atoms with van der Waals surface area (Å²) in [5, 5.41) is 21.9. The quantitative estimate of drug-likeness (QED) is 0.304. The SMILES string of the molecule is O=C(NCCSSCCNC(=O)OCCO)OCCO. The van der Waals surface area contributed by atoms with Gasteiger partial charge in [0.05, 0.1) is 13.2 Å². The molecule has 8 nitrogen and oxygen atoms in total. The summed E-state index contributed by atoms with van der Waals surface area (Å²) in [6, 6.07) is 0. The normalized spacial score (nSPS) is 9.90. The van der Waals surface area contributed by atoms with Crippen molar-refractivity contribution < 1.29 is 29.3 Å². The third kappa shape index (κ3) is 13.6. The van der Waals surface area contributed by atoms with Gasteiger partial charge in [-0.1, -0.05) is 21.6 Å². The first kappa shape index (κ1) is 19.2. The zero-order valence-corrected chi connectivity index (χ0v) is 12.6. The molecule has 0 fully saturated rings. The monoisotopic (exact) mass is 328 g/mol. The van der Waals surface area contributed by atoms with Crippen LogP contribution in [0, 0.1) is 0 Å². The summed E-state index contributed by atoms with van der Waals surface area (Å²) in [5.74, 6) is 1.40. The number of aliphatic hydroxyl groups excluding tert-OH is 2. The lowest BCUT2D eigenvalue weighted by Crippen LogP contribution is -2.27. The fourth-order valence-electron chi connectivity index (χ4n) is 0.886. The van der Waals surface area contributed by atoms with Gasteiger partial charge in [-0.2, -0.15) is 0 Å². The average Bonchev–Trinajstić information content (AvgIpc) is 2.45. The second kappa shape index (κ2) is 14.6. The van der Waals surface area contributed by atoms with Gasteiger partial charge in [0.2, 0.25) is 0 Å². The topological polar surface area (TPSA) is 117 Å². The fourth-order valence-corrected chi connectivity index (χ4v) is 2.70. The number of hydrogen-bond acceptors (Lipinski definition) is 8. The smallest absolute Gasteiger partial charge is 0.407 e. The Morgan fingerprint density at radius 3 is 1.60 bits per heavy atom. The highest BCUT2D eigenvalue weighted by atomic mass is 33.1. The summed E-state index contributed by atoms with van der Waals surface area (Å²) in [4.78, 5) is 21.9. The molecule has 0 aliphatic heterocycles. The highest BCUT2D eigenvalue weighted by Gasteiger charge is 2.01. The molecule has 4 N–H and O–H groups in total. The van der Waals surface area contributed by atoms with Gasteiger partial charge < -0.3 is 30.3 Å². The Hall–Kier alpha value is -0.840. The van der Waals surface area contributed by atoms with Gasteiger partial charge in [-0.05, 0) is 0 Å². The maximum absolute atomic E-state index is 11.0. The van der Waals surface area contributed by atoms with Gasteiger partial charge in [0.15, 0.2) is 0 Å². The molecule has 0 heterocycles. The van der Waals surface area contributed by atoms with Crippen LogP contribution >= 0.6 is 21.6 Å². The van der Waals surface area contributed by atoms with E-state index in [1.165, 1.54) is 0 Å². The number of aliphatic hydroxyl groups is 2. The van der Waals surface area contributed by atoms with Crippen molar-refractivity contribution >= 4 is 33.8 Å². The zero-order valence-electron chi connectivity index (χ0n) is 11.0. The number of rotatable bonds is 11. The molecular formula is C10H20N2O6S2. The summed E-state index contributed by atoms with van der Waals surface area (Å²) in [7, 11) is 3.11. The minimum absolute atomic E-state index is 0.00816. The lowest BCUT2D eigenvalue weighted by atomic mass is 10.7. The van der Waals surface area contributed by atoms with Crippen LogP contribution < -0.4 is 10.6 Å². The molecule has 0 aliphatic carbocycles. The van der Waals surface area contributed by atoms with E-state index in [1.54, 1.807) is 21.6 Å². The largest absolute Gasteiger partial charge is 0.447 e. The van der Waals surface area contributed by atoms with Gasteiger partial charge in [0, 0.05) is 24.6 Å². The highest BCUT2D eigenvalue weighted by Crippen LogP contribution is 2.19. The molecule has 0 aromatic heterocycles. The first-order valence-electron chi connectivity index (χ1n) is 5.98. The van der Waals surface area contributed by atoms with Crippen molar-refractivity contribution in [3.8, 4) is 0 Å². The molecule has 0 aromatic rings. The zero-order chi connectivity index (χ0) is 15.1. The predicted octanol–water partition coefficient (Wildman–Crippen LogP) is -0.195. The summed E-state index contributed by atoms with van der Waals surface area (Å²) in [6.07, 6.45) is -1.09. The Bertz CT molecular complexity index is 244. The Morgan fingerprint density at radius 2 is 1.25 bits per heavy atom. The van der Waals surface area contributed by atoms with Gasteiger partial charge in [-0.15, -0.1) is 0 Å². The Morgan fingerprint density at radius 1 is 0.850 bits per heavy atom. The summed E-state index contributed by atoms with van der Waals surface area (Å²) in [5.41, 5.74) is 0. The standard InChI is InChI=1S/C10H20N2O6S2/c13-3-5-17-9(15)11-1-7-19-20-8-2-12-10(16)18-6-4-14/h13-14H,1-8H2,(H,11,15)(H,12,16). The second-order valence-electron chi connectivity index (χ2n) is 3.22. The second-order valence-corrected chi connectivity index (χ2v) is 5.92. The van der Waals surface area contributed by atoms with Crippen LogP contribution in [0.5, 0.6) is 0 Å². The number of ether oxygens (including phenoxy) is 2. The maximum atomic E-state index is 11.0. The van der Waals surface area contributed by atoms with E-state index >= 15 is 0 Å². The molecule has 2 amide bonds. The van der Waals surface area contributed by atoms with Crippen LogP contribution in [0.2, 0.25) is 0 Å². The van der Waals surface area contributed by atoms with E-state index in [2.05, 4.69) is 20.1 Å². The van der Waals surface area contributed by atoms with E-state index in [0.29, 0.717) is 24.6 Å². The Kier molecular flexibility index (Phi) is 14.0. The molecule has 0 bridgehead atoms. The number of amides is 2. The van der Waals surface area contributed by atoms with Crippen LogP contribution in [-0.2, 0) is 9.47 Å². The molecule has 0 saturated carbocycles. The van der Waals surface area contributed by atoms with Crippen LogP contribution in [0.15, 0.2) is 0 Å². The van der Waals surface area contributed by atoms with E-state index < -0.39 is 12.2 Å². The Balaban J connectivity index is 3.20. The number of nitrogens with one attached hydrogen (secondary N) is 2. The highest BCUT2D eigenvalue weighted by molar-refractivity contribution is 8.76. The first-order chi connectivity index (χ1) is 9.70. The number of alkyl carbamates (subject to hydrolysis) is 2. The predicted molar refractivity (Wildman–Crippen MR) is 77.8 cm³/mol. The van der Waals surface area contributed by atoms with E-state index in [-0.39, 0.29) is 26.4 Å². The van der Waals surface area contributed by atoms with Crippen molar-refractivity contribution in [3.05, 3.63) is 0 Å². The van der Waals surface area contributed by atoms with E-state index in [9.17, 15) is 9.59 Å². The molecule has 0 aliphatic rings. The van der Waals surface area contributed by atoms with Crippen molar-refractivity contribution in [1.82, 2.24) is 10.6 Å². The minimum Gasteiger partial charge on any atom is -0.447 e. The van der Waals surface area contributed by atoms with Crippen LogP contribution in [-0.4, -0.2) is 73.4 Å².